The van der Waals surface area contributed by atoms with Crippen LogP contribution >= 0.6 is 0 Å². The van der Waals surface area contributed by atoms with E-state index >= 15 is 0 Å². The van der Waals surface area contributed by atoms with Crippen LogP contribution in [0.5, 0.6) is 11.5 Å². The fourth-order valence-corrected chi connectivity index (χ4v) is 6.59. The van der Waals surface area contributed by atoms with Crippen molar-refractivity contribution >= 4 is 0 Å². The topological polar surface area (TPSA) is 9.23 Å². The van der Waals surface area contributed by atoms with Gasteiger partial charge in [0.1, 0.15) is 11.5 Å². The minimum Gasteiger partial charge on any atom is -0.457 e. The van der Waals surface area contributed by atoms with Crippen molar-refractivity contribution in [3.8, 4) is 11.5 Å². The summed E-state index contributed by atoms with van der Waals surface area (Å²) in [5.74, 6) is 3.84. The van der Waals surface area contributed by atoms with Crippen LogP contribution in [0.15, 0.2) is 48.5 Å². The maximum absolute atomic E-state index is 13.3. The van der Waals surface area contributed by atoms with Gasteiger partial charge in [0.2, 0.25) is 0 Å². The van der Waals surface area contributed by atoms with Crippen molar-refractivity contribution in [2.75, 3.05) is 0 Å². The minimum absolute atomic E-state index is 0.178. The summed E-state index contributed by atoms with van der Waals surface area (Å²) in [5, 5.41) is 0. The van der Waals surface area contributed by atoms with Crippen LogP contribution < -0.4 is 4.74 Å². The predicted molar refractivity (Wildman–Crippen MR) is 117 cm³/mol. The Morgan fingerprint density at radius 2 is 1.26 bits per heavy atom. The summed E-state index contributed by atoms with van der Waals surface area (Å²) < 4.78 is 45.9. The average molecular weight is 429 g/mol. The van der Waals surface area contributed by atoms with Crippen LogP contribution in [-0.2, 0) is 10.8 Å². The second kappa shape index (κ2) is 7.28. The summed E-state index contributed by atoms with van der Waals surface area (Å²) in [5.41, 5.74) is 0.302. The smallest absolute Gasteiger partial charge is 0.398 e. The fourth-order valence-electron chi connectivity index (χ4n) is 6.59. The molecular formula is C27H31F3O. The number of hydrogen-bond acceptors (Lipinski definition) is 1. The van der Waals surface area contributed by atoms with Gasteiger partial charge in [0.05, 0.1) is 5.41 Å². The molecule has 31 heavy (non-hydrogen) atoms. The van der Waals surface area contributed by atoms with Gasteiger partial charge in [-0.25, -0.2) is 0 Å². The molecule has 3 saturated carbocycles. The Kier molecular flexibility index (Phi) is 4.91. The quantitative estimate of drug-likeness (QED) is 0.477. The van der Waals surface area contributed by atoms with Crippen LogP contribution in [0, 0.1) is 17.8 Å². The lowest BCUT2D eigenvalue weighted by Gasteiger charge is -2.47. The van der Waals surface area contributed by atoms with E-state index in [1.165, 1.54) is 37.7 Å². The van der Waals surface area contributed by atoms with Crippen LogP contribution in [0.25, 0.3) is 0 Å². The molecule has 5 rings (SSSR count). The lowest BCUT2D eigenvalue weighted by molar-refractivity contribution is -0.160. The SMILES string of the molecule is CC1CC2CC(C1)CC(C)(c1ccc(Oc3ccc(C4(C(F)(F)F)CC4)cc3)cc1)C2. The maximum atomic E-state index is 13.3. The van der Waals surface area contributed by atoms with Crippen LogP contribution in [0.3, 0.4) is 0 Å². The van der Waals surface area contributed by atoms with Gasteiger partial charge in [-0.2, -0.15) is 13.2 Å². The summed E-state index contributed by atoms with van der Waals surface area (Å²) in [6, 6.07) is 14.8. The predicted octanol–water partition coefficient (Wildman–Crippen LogP) is 8.18. The van der Waals surface area contributed by atoms with E-state index in [4.69, 9.17) is 4.74 Å². The Labute approximate surface area is 183 Å². The second-order valence-corrected chi connectivity index (χ2v) is 10.7. The zero-order chi connectivity index (χ0) is 21.9. The molecule has 3 aliphatic rings. The minimum atomic E-state index is -4.18. The van der Waals surface area contributed by atoms with Gasteiger partial charge in [0, 0.05) is 0 Å². The number of fused-ring (bicyclic) bond motifs is 2. The Balaban J connectivity index is 1.27. The summed E-state index contributed by atoms with van der Waals surface area (Å²) >= 11 is 0. The molecule has 0 aromatic heterocycles. The van der Waals surface area contributed by atoms with Crippen LogP contribution in [0.2, 0.25) is 0 Å². The van der Waals surface area contributed by atoms with Gasteiger partial charge >= 0.3 is 6.18 Å². The highest BCUT2D eigenvalue weighted by Gasteiger charge is 2.64. The molecule has 4 heteroatoms. The van der Waals surface area contributed by atoms with Crippen LogP contribution in [0.4, 0.5) is 13.2 Å². The van der Waals surface area contributed by atoms with Crippen molar-refractivity contribution in [3.63, 3.8) is 0 Å². The number of benzene rings is 2. The lowest BCUT2D eigenvalue weighted by Crippen LogP contribution is -2.38. The molecule has 2 atom stereocenters. The molecule has 2 bridgehead atoms. The zero-order valence-electron chi connectivity index (χ0n) is 18.3. The number of rotatable bonds is 4. The number of halogens is 3. The molecule has 0 spiro atoms. The standard InChI is InChI=1S/C27H31F3O/c1-18-13-19-15-20(14-18)17-25(2,16-19)21-3-7-23(8-4-21)31-24-9-5-22(6-10-24)26(11-12-26)27(28,29)30/h3-10,18-20H,11-17H2,1-2H3. The lowest BCUT2D eigenvalue weighted by atomic mass is 9.58. The number of hydrogen-bond donors (Lipinski definition) is 0. The highest BCUT2D eigenvalue weighted by molar-refractivity contribution is 5.40. The Bertz CT molecular complexity index is 906. The van der Waals surface area contributed by atoms with Crippen LogP contribution in [0.1, 0.15) is 69.9 Å². The first-order valence-corrected chi connectivity index (χ1v) is 11.6. The van der Waals surface area contributed by atoms with Crippen molar-refractivity contribution in [1.82, 2.24) is 0 Å². The van der Waals surface area contributed by atoms with Gasteiger partial charge < -0.3 is 4.74 Å². The highest BCUT2D eigenvalue weighted by atomic mass is 19.4. The highest BCUT2D eigenvalue weighted by Crippen LogP contribution is 2.59. The molecule has 1 nitrogen and oxygen atoms in total. The van der Waals surface area contributed by atoms with E-state index in [2.05, 4.69) is 26.0 Å². The van der Waals surface area contributed by atoms with Gasteiger partial charge in [-0.3, -0.25) is 0 Å². The molecule has 0 saturated heterocycles. The largest absolute Gasteiger partial charge is 0.457 e. The molecule has 0 radical (unpaired) electrons. The molecule has 2 aromatic carbocycles. The first kappa shape index (κ1) is 20.9. The van der Waals surface area contributed by atoms with Gasteiger partial charge in [0.25, 0.3) is 0 Å². The van der Waals surface area contributed by atoms with E-state index in [1.54, 1.807) is 24.3 Å². The maximum Gasteiger partial charge on any atom is 0.398 e. The molecule has 3 fully saturated rings. The third-order valence-electron chi connectivity index (χ3n) is 8.10. The number of alkyl halides is 3. The van der Waals surface area contributed by atoms with Gasteiger partial charge in [0.15, 0.2) is 0 Å². The van der Waals surface area contributed by atoms with E-state index in [0.29, 0.717) is 11.3 Å². The van der Waals surface area contributed by atoms with Crippen molar-refractivity contribution in [3.05, 3.63) is 59.7 Å². The van der Waals surface area contributed by atoms with Crippen LogP contribution in [-0.4, -0.2) is 6.18 Å². The summed E-state index contributed by atoms with van der Waals surface area (Å²) in [7, 11) is 0. The zero-order valence-corrected chi connectivity index (χ0v) is 18.3. The Morgan fingerprint density at radius 3 is 1.71 bits per heavy atom. The normalized spacial score (nSPS) is 31.8. The number of ether oxygens (including phenoxy) is 1. The second-order valence-electron chi connectivity index (χ2n) is 10.7. The van der Waals surface area contributed by atoms with Gasteiger partial charge in [-0.1, -0.05) is 38.1 Å². The van der Waals surface area contributed by atoms with E-state index in [-0.39, 0.29) is 18.3 Å². The van der Waals surface area contributed by atoms with E-state index < -0.39 is 11.6 Å². The fraction of sp³-hybridized carbons (Fsp3) is 0.556. The van der Waals surface area contributed by atoms with E-state index in [0.717, 1.165) is 23.5 Å². The molecule has 0 heterocycles. The molecule has 2 unspecified atom stereocenters. The van der Waals surface area contributed by atoms with Gasteiger partial charge in [-0.15, -0.1) is 0 Å². The van der Waals surface area contributed by atoms with Crippen molar-refractivity contribution in [2.24, 2.45) is 17.8 Å². The van der Waals surface area contributed by atoms with E-state index in [9.17, 15) is 13.2 Å². The summed E-state index contributed by atoms with van der Waals surface area (Å²) in [4.78, 5) is 0. The molecule has 0 N–H and O–H groups in total. The third kappa shape index (κ3) is 3.87. The molecule has 0 amide bonds. The first-order chi connectivity index (χ1) is 14.7. The first-order valence-electron chi connectivity index (χ1n) is 11.6. The third-order valence-corrected chi connectivity index (χ3v) is 8.10. The Morgan fingerprint density at radius 1 is 0.774 bits per heavy atom. The molecule has 166 valence electrons. The summed E-state index contributed by atoms with van der Waals surface area (Å²) in [6.45, 7) is 4.80. The summed E-state index contributed by atoms with van der Waals surface area (Å²) in [6.07, 6.45) is 2.81. The molecule has 3 aliphatic carbocycles. The molecule has 0 aliphatic heterocycles. The van der Waals surface area contributed by atoms with E-state index in [1.807, 2.05) is 12.1 Å². The van der Waals surface area contributed by atoms with Crippen molar-refractivity contribution < 1.29 is 17.9 Å². The average Bonchev–Trinajstić information content (AvgIpc) is 3.50. The molecule has 2 aromatic rings. The Hall–Kier alpha value is -1.97. The van der Waals surface area contributed by atoms with Gasteiger partial charge in [-0.05, 0) is 104 Å². The molecular weight excluding hydrogens is 397 g/mol. The monoisotopic (exact) mass is 428 g/mol. The van der Waals surface area contributed by atoms with Crippen molar-refractivity contribution in [1.29, 1.82) is 0 Å². The van der Waals surface area contributed by atoms with Crippen molar-refractivity contribution in [2.45, 2.75) is 75.8 Å².